The van der Waals surface area contributed by atoms with Crippen LogP contribution in [0.5, 0.6) is 5.75 Å². The summed E-state index contributed by atoms with van der Waals surface area (Å²) in [6.45, 7) is 3.49. The first-order chi connectivity index (χ1) is 6.91. The maximum absolute atomic E-state index is 13.4. The molecule has 4 nitrogen and oxygen atoms in total. The molecule has 1 aromatic carbocycles. The molecule has 0 amide bonds. The van der Waals surface area contributed by atoms with Crippen molar-refractivity contribution in [3.8, 4) is 5.75 Å². The number of nitro benzene ring substituents is 1. The molecule has 0 radical (unpaired) electrons. The van der Waals surface area contributed by atoms with Crippen LogP contribution in [0, 0.1) is 15.9 Å². The average Bonchev–Trinajstić information content (AvgIpc) is 2.10. The van der Waals surface area contributed by atoms with E-state index in [2.05, 4.69) is 15.9 Å². The maximum atomic E-state index is 13.4. The Morgan fingerprint density at radius 1 is 1.53 bits per heavy atom. The lowest BCUT2D eigenvalue weighted by Gasteiger charge is -2.11. The van der Waals surface area contributed by atoms with Gasteiger partial charge in [-0.1, -0.05) is 0 Å². The van der Waals surface area contributed by atoms with E-state index in [-0.39, 0.29) is 22.0 Å². The molecule has 0 N–H and O–H groups in total. The lowest BCUT2D eigenvalue weighted by atomic mass is 10.3. The second kappa shape index (κ2) is 4.57. The third-order valence-corrected chi connectivity index (χ3v) is 2.14. The number of rotatable bonds is 3. The Balaban J connectivity index is 3.15. The number of ether oxygens (including phenoxy) is 1. The highest BCUT2D eigenvalue weighted by atomic mass is 79.9. The molecule has 0 aliphatic carbocycles. The smallest absolute Gasteiger partial charge is 0.273 e. The maximum Gasteiger partial charge on any atom is 0.273 e. The monoisotopic (exact) mass is 277 g/mol. The third kappa shape index (κ3) is 2.89. The molecule has 1 aromatic rings. The predicted molar refractivity (Wildman–Crippen MR) is 56.5 cm³/mol. The number of halogens is 2. The van der Waals surface area contributed by atoms with Gasteiger partial charge in [-0.3, -0.25) is 10.1 Å². The van der Waals surface area contributed by atoms with Gasteiger partial charge < -0.3 is 4.74 Å². The summed E-state index contributed by atoms with van der Waals surface area (Å²) < 4.78 is 18.8. The fourth-order valence-electron chi connectivity index (χ4n) is 1.00. The van der Waals surface area contributed by atoms with Crippen LogP contribution in [0.4, 0.5) is 10.1 Å². The fraction of sp³-hybridized carbons (Fsp3) is 0.333. The Morgan fingerprint density at radius 2 is 2.13 bits per heavy atom. The summed E-state index contributed by atoms with van der Waals surface area (Å²) in [7, 11) is 0. The molecule has 0 unspecified atom stereocenters. The van der Waals surface area contributed by atoms with Gasteiger partial charge in [0.1, 0.15) is 0 Å². The molecular weight excluding hydrogens is 269 g/mol. The standard InChI is InChI=1S/C9H9BrFNO3/c1-5(2)15-9-7(10)3-6(12(13)14)4-8(9)11/h3-5H,1-2H3. The van der Waals surface area contributed by atoms with E-state index in [1.807, 2.05) is 0 Å². The zero-order chi connectivity index (χ0) is 11.6. The van der Waals surface area contributed by atoms with Gasteiger partial charge in [0.15, 0.2) is 11.6 Å². The number of hydrogen-bond acceptors (Lipinski definition) is 3. The number of non-ortho nitro benzene ring substituents is 1. The van der Waals surface area contributed by atoms with Crippen LogP contribution in [-0.4, -0.2) is 11.0 Å². The summed E-state index contributed by atoms with van der Waals surface area (Å²) in [4.78, 5) is 9.76. The molecule has 0 fully saturated rings. The van der Waals surface area contributed by atoms with Crippen LogP contribution < -0.4 is 4.74 Å². The molecular formula is C9H9BrFNO3. The van der Waals surface area contributed by atoms with Crippen LogP contribution in [0.3, 0.4) is 0 Å². The van der Waals surface area contributed by atoms with Crippen molar-refractivity contribution in [2.45, 2.75) is 20.0 Å². The second-order valence-electron chi connectivity index (χ2n) is 3.16. The van der Waals surface area contributed by atoms with E-state index in [1.165, 1.54) is 6.07 Å². The van der Waals surface area contributed by atoms with Gasteiger partial charge in [-0.05, 0) is 29.8 Å². The highest BCUT2D eigenvalue weighted by molar-refractivity contribution is 9.10. The zero-order valence-corrected chi connectivity index (χ0v) is 9.75. The van der Waals surface area contributed by atoms with E-state index in [0.717, 1.165) is 6.07 Å². The molecule has 0 saturated carbocycles. The van der Waals surface area contributed by atoms with Gasteiger partial charge in [0.2, 0.25) is 0 Å². The molecule has 0 heterocycles. The molecule has 0 aromatic heterocycles. The minimum absolute atomic E-state index is 0.00407. The van der Waals surface area contributed by atoms with Crippen LogP contribution in [-0.2, 0) is 0 Å². The fourth-order valence-corrected chi connectivity index (χ4v) is 1.52. The first-order valence-electron chi connectivity index (χ1n) is 4.22. The largest absolute Gasteiger partial charge is 0.487 e. The average molecular weight is 278 g/mol. The van der Waals surface area contributed by atoms with Gasteiger partial charge in [0, 0.05) is 6.07 Å². The number of benzene rings is 1. The summed E-state index contributed by atoms with van der Waals surface area (Å²) in [5.74, 6) is -0.750. The van der Waals surface area contributed by atoms with Crippen molar-refractivity contribution in [3.05, 3.63) is 32.5 Å². The van der Waals surface area contributed by atoms with E-state index < -0.39 is 10.7 Å². The number of nitro groups is 1. The van der Waals surface area contributed by atoms with E-state index in [0.29, 0.717) is 0 Å². The minimum Gasteiger partial charge on any atom is -0.487 e. The van der Waals surface area contributed by atoms with Gasteiger partial charge in [-0.25, -0.2) is 4.39 Å². The summed E-state index contributed by atoms with van der Waals surface area (Å²) in [5.41, 5.74) is -0.310. The lowest BCUT2D eigenvalue weighted by Crippen LogP contribution is -2.07. The quantitative estimate of drug-likeness (QED) is 0.629. The van der Waals surface area contributed by atoms with Crippen LogP contribution in [0.2, 0.25) is 0 Å². The Morgan fingerprint density at radius 3 is 2.53 bits per heavy atom. The zero-order valence-electron chi connectivity index (χ0n) is 8.16. The summed E-state index contributed by atoms with van der Waals surface area (Å²) in [5, 5.41) is 10.4. The Bertz CT molecular complexity index is 372. The number of hydrogen-bond donors (Lipinski definition) is 0. The third-order valence-electron chi connectivity index (χ3n) is 1.55. The van der Waals surface area contributed by atoms with Crippen molar-refractivity contribution >= 4 is 21.6 Å². The molecule has 0 spiro atoms. The molecule has 0 aliphatic heterocycles. The summed E-state index contributed by atoms with van der Waals surface area (Å²) in [6.07, 6.45) is -0.197. The van der Waals surface area contributed by atoms with Crippen molar-refractivity contribution < 1.29 is 14.1 Å². The van der Waals surface area contributed by atoms with Gasteiger partial charge in [-0.2, -0.15) is 0 Å². The summed E-state index contributed by atoms with van der Waals surface area (Å²) >= 11 is 3.03. The van der Waals surface area contributed by atoms with E-state index in [9.17, 15) is 14.5 Å². The van der Waals surface area contributed by atoms with Crippen LogP contribution in [0.15, 0.2) is 16.6 Å². The van der Waals surface area contributed by atoms with Crippen molar-refractivity contribution in [1.29, 1.82) is 0 Å². The first kappa shape index (κ1) is 11.9. The molecule has 6 heteroatoms. The lowest BCUT2D eigenvalue weighted by molar-refractivity contribution is -0.385. The van der Waals surface area contributed by atoms with Gasteiger partial charge in [0.25, 0.3) is 5.69 Å². The SMILES string of the molecule is CC(C)Oc1c(F)cc([N+](=O)[O-])cc1Br. The van der Waals surface area contributed by atoms with Gasteiger partial charge >= 0.3 is 0 Å². The van der Waals surface area contributed by atoms with Crippen LogP contribution in [0.25, 0.3) is 0 Å². The molecule has 0 bridgehead atoms. The molecule has 0 atom stereocenters. The van der Waals surface area contributed by atoms with Crippen LogP contribution >= 0.6 is 15.9 Å². The highest BCUT2D eigenvalue weighted by Crippen LogP contribution is 2.33. The minimum atomic E-state index is -0.746. The Hall–Kier alpha value is -1.17. The van der Waals surface area contributed by atoms with Crippen LogP contribution in [0.1, 0.15) is 13.8 Å². The predicted octanol–water partition coefficient (Wildman–Crippen LogP) is 3.28. The first-order valence-corrected chi connectivity index (χ1v) is 5.01. The van der Waals surface area contributed by atoms with Crippen molar-refractivity contribution in [2.75, 3.05) is 0 Å². The molecule has 15 heavy (non-hydrogen) atoms. The Kier molecular flexibility index (Phi) is 3.62. The van der Waals surface area contributed by atoms with Crippen molar-refractivity contribution in [1.82, 2.24) is 0 Å². The molecule has 82 valence electrons. The highest BCUT2D eigenvalue weighted by Gasteiger charge is 2.17. The van der Waals surface area contributed by atoms with E-state index in [4.69, 9.17) is 4.74 Å². The second-order valence-corrected chi connectivity index (χ2v) is 4.02. The Labute approximate surface area is 94.3 Å². The molecule has 0 saturated heterocycles. The van der Waals surface area contributed by atoms with Crippen molar-refractivity contribution in [3.63, 3.8) is 0 Å². The van der Waals surface area contributed by atoms with Gasteiger partial charge in [0.05, 0.1) is 21.6 Å². The normalized spacial score (nSPS) is 10.5. The van der Waals surface area contributed by atoms with E-state index >= 15 is 0 Å². The number of nitrogens with zero attached hydrogens (tertiary/aromatic N) is 1. The van der Waals surface area contributed by atoms with Gasteiger partial charge in [-0.15, -0.1) is 0 Å². The van der Waals surface area contributed by atoms with E-state index in [1.54, 1.807) is 13.8 Å². The molecule has 1 rings (SSSR count). The van der Waals surface area contributed by atoms with Crippen molar-refractivity contribution in [2.24, 2.45) is 0 Å². The summed E-state index contributed by atoms with van der Waals surface area (Å²) in [6, 6.07) is 2.04. The topological polar surface area (TPSA) is 52.4 Å². The molecule has 0 aliphatic rings.